The van der Waals surface area contributed by atoms with E-state index in [1.165, 1.54) is 0 Å². The zero-order chi connectivity index (χ0) is 14.6. The molecule has 0 fully saturated rings. The first-order valence-electron chi connectivity index (χ1n) is 6.20. The summed E-state index contributed by atoms with van der Waals surface area (Å²) in [5.41, 5.74) is -0.893. The highest BCUT2D eigenvalue weighted by Crippen LogP contribution is 2.07. The summed E-state index contributed by atoms with van der Waals surface area (Å²) in [6.07, 6.45) is 0. The van der Waals surface area contributed by atoms with Crippen LogP contribution in [0.2, 0.25) is 0 Å². The minimum absolute atomic E-state index is 0.113. The van der Waals surface area contributed by atoms with Crippen LogP contribution in [0.4, 0.5) is 0 Å². The fraction of sp³-hybridized carbons (Fsp3) is 0.385. The van der Waals surface area contributed by atoms with Crippen molar-refractivity contribution in [2.45, 2.75) is 12.1 Å². The van der Waals surface area contributed by atoms with E-state index in [1.807, 2.05) is 0 Å². The van der Waals surface area contributed by atoms with Crippen molar-refractivity contribution in [3.63, 3.8) is 0 Å². The van der Waals surface area contributed by atoms with E-state index in [4.69, 9.17) is 0 Å². The van der Waals surface area contributed by atoms with Crippen LogP contribution in [0, 0.1) is 0 Å². The lowest BCUT2D eigenvalue weighted by Crippen LogP contribution is -2.54. The molecule has 0 saturated carbocycles. The quantitative estimate of drug-likeness (QED) is 0.450. The average molecular weight is 279 g/mol. The minimum Gasteiger partial charge on any atom is -0.394 e. The lowest BCUT2D eigenvalue weighted by molar-refractivity contribution is 0.0409. The van der Waals surface area contributed by atoms with Gasteiger partial charge in [0.15, 0.2) is 0 Å². The van der Waals surface area contributed by atoms with Gasteiger partial charge >= 0.3 is 0 Å². The lowest BCUT2D eigenvalue weighted by Gasteiger charge is -2.28. The number of para-hydroxylation sites is 1. The molecule has 0 radical (unpaired) electrons. The molecule has 0 atom stereocenters. The van der Waals surface area contributed by atoms with E-state index in [0.29, 0.717) is 16.7 Å². The highest BCUT2D eigenvalue weighted by Gasteiger charge is 2.27. The van der Waals surface area contributed by atoms with Gasteiger partial charge in [0.1, 0.15) is 5.82 Å². The standard InChI is InChI=1S/C13H17N3O4/c17-6-13(7-18,8-19)14-5-11-15-10-4-2-1-3-9(10)12(20)16-11/h1-4,14,17-19H,5-8H2,(H,15,16,20). The maximum Gasteiger partial charge on any atom is 0.258 e. The summed E-state index contributed by atoms with van der Waals surface area (Å²) in [5, 5.41) is 30.9. The Morgan fingerprint density at radius 1 is 1.15 bits per heavy atom. The van der Waals surface area contributed by atoms with E-state index < -0.39 is 25.4 Å². The van der Waals surface area contributed by atoms with Gasteiger partial charge < -0.3 is 20.3 Å². The first-order chi connectivity index (χ1) is 9.64. The first kappa shape index (κ1) is 14.6. The third-order valence-electron chi connectivity index (χ3n) is 3.20. The summed E-state index contributed by atoms with van der Waals surface area (Å²) in [4.78, 5) is 18.8. The Morgan fingerprint density at radius 2 is 1.80 bits per heavy atom. The van der Waals surface area contributed by atoms with Crippen LogP contribution in [0.5, 0.6) is 0 Å². The third-order valence-corrected chi connectivity index (χ3v) is 3.20. The van der Waals surface area contributed by atoms with Crippen LogP contribution in [0.1, 0.15) is 5.82 Å². The molecule has 20 heavy (non-hydrogen) atoms. The van der Waals surface area contributed by atoms with Crippen LogP contribution in [0.25, 0.3) is 10.9 Å². The molecule has 108 valence electrons. The number of aromatic amines is 1. The fourth-order valence-corrected chi connectivity index (χ4v) is 1.81. The van der Waals surface area contributed by atoms with Gasteiger partial charge in [-0.05, 0) is 12.1 Å². The fourth-order valence-electron chi connectivity index (χ4n) is 1.81. The van der Waals surface area contributed by atoms with Gasteiger partial charge in [-0.15, -0.1) is 0 Å². The minimum atomic E-state index is -1.20. The van der Waals surface area contributed by atoms with Crippen LogP contribution >= 0.6 is 0 Å². The van der Waals surface area contributed by atoms with E-state index >= 15 is 0 Å². The number of aliphatic hydroxyl groups is 3. The molecule has 0 aliphatic heterocycles. The van der Waals surface area contributed by atoms with Crippen LogP contribution in [0.3, 0.4) is 0 Å². The maximum atomic E-state index is 11.9. The summed E-state index contributed by atoms with van der Waals surface area (Å²) in [7, 11) is 0. The van der Waals surface area contributed by atoms with Gasteiger partial charge in [0.05, 0.1) is 42.8 Å². The molecule has 2 aromatic rings. The van der Waals surface area contributed by atoms with Gasteiger partial charge in [-0.1, -0.05) is 12.1 Å². The van der Waals surface area contributed by atoms with Crippen molar-refractivity contribution < 1.29 is 15.3 Å². The molecule has 0 saturated heterocycles. The predicted molar refractivity (Wildman–Crippen MR) is 73.2 cm³/mol. The second-order valence-corrected chi connectivity index (χ2v) is 4.64. The maximum absolute atomic E-state index is 11.9. The normalized spacial score (nSPS) is 11.9. The molecular weight excluding hydrogens is 262 g/mol. The zero-order valence-electron chi connectivity index (χ0n) is 10.8. The van der Waals surface area contributed by atoms with Crippen LogP contribution < -0.4 is 10.9 Å². The molecule has 0 spiro atoms. The lowest BCUT2D eigenvalue weighted by atomic mass is 10.0. The molecular formula is C13H17N3O4. The first-order valence-corrected chi connectivity index (χ1v) is 6.20. The highest BCUT2D eigenvalue weighted by atomic mass is 16.3. The van der Waals surface area contributed by atoms with Crippen molar-refractivity contribution in [1.82, 2.24) is 15.3 Å². The summed E-state index contributed by atoms with van der Waals surface area (Å²) in [6.45, 7) is -1.19. The molecule has 5 N–H and O–H groups in total. The number of aliphatic hydroxyl groups excluding tert-OH is 3. The van der Waals surface area contributed by atoms with Gasteiger partial charge in [0.25, 0.3) is 5.56 Å². The molecule has 0 amide bonds. The number of aromatic nitrogens is 2. The van der Waals surface area contributed by atoms with E-state index in [9.17, 15) is 20.1 Å². The van der Waals surface area contributed by atoms with Crippen molar-refractivity contribution in [2.75, 3.05) is 19.8 Å². The number of H-pyrrole nitrogens is 1. The zero-order valence-corrected chi connectivity index (χ0v) is 10.8. The second kappa shape index (κ2) is 6.10. The molecule has 0 unspecified atom stereocenters. The third kappa shape index (κ3) is 2.86. The summed E-state index contributed by atoms with van der Waals surface area (Å²) < 4.78 is 0. The predicted octanol–water partition coefficient (Wildman–Crippen LogP) is -1.27. The number of hydrogen-bond acceptors (Lipinski definition) is 6. The van der Waals surface area contributed by atoms with Crippen molar-refractivity contribution in [3.8, 4) is 0 Å². The molecule has 2 rings (SSSR count). The van der Waals surface area contributed by atoms with E-state index in [0.717, 1.165) is 0 Å². The molecule has 0 aliphatic carbocycles. The number of nitrogens with one attached hydrogen (secondary N) is 2. The van der Waals surface area contributed by atoms with E-state index in [2.05, 4.69) is 15.3 Å². The Labute approximate surface area is 114 Å². The Hall–Kier alpha value is -1.80. The number of rotatable bonds is 6. The summed E-state index contributed by atoms with van der Waals surface area (Å²) >= 11 is 0. The number of nitrogens with zero attached hydrogens (tertiary/aromatic N) is 1. The Bertz CT molecular complexity index is 629. The molecule has 7 heteroatoms. The molecule has 1 heterocycles. The monoisotopic (exact) mass is 279 g/mol. The molecule has 0 bridgehead atoms. The van der Waals surface area contributed by atoms with Gasteiger partial charge in [0.2, 0.25) is 0 Å². The average Bonchev–Trinajstić information content (AvgIpc) is 2.49. The summed E-state index contributed by atoms with van der Waals surface area (Å²) in [6, 6.07) is 6.94. The number of hydrogen-bond donors (Lipinski definition) is 5. The summed E-state index contributed by atoms with van der Waals surface area (Å²) in [5.74, 6) is 0.369. The van der Waals surface area contributed by atoms with E-state index in [-0.39, 0.29) is 12.1 Å². The topological polar surface area (TPSA) is 118 Å². The van der Waals surface area contributed by atoms with Gasteiger partial charge in [-0.3, -0.25) is 10.1 Å². The van der Waals surface area contributed by atoms with Gasteiger partial charge in [0, 0.05) is 0 Å². The van der Waals surface area contributed by atoms with Gasteiger partial charge in [-0.2, -0.15) is 0 Å². The highest BCUT2D eigenvalue weighted by molar-refractivity contribution is 5.77. The van der Waals surface area contributed by atoms with Crippen LogP contribution in [-0.2, 0) is 6.54 Å². The van der Waals surface area contributed by atoms with Crippen molar-refractivity contribution in [2.24, 2.45) is 0 Å². The Morgan fingerprint density at radius 3 is 2.45 bits per heavy atom. The van der Waals surface area contributed by atoms with Crippen molar-refractivity contribution in [1.29, 1.82) is 0 Å². The molecule has 0 aliphatic rings. The van der Waals surface area contributed by atoms with Crippen molar-refractivity contribution >= 4 is 10.9 Å². The number of fused-ring (bicyclic) bond motifs is 1. The van der Waals surface area contributed by atoms with Crippen molar-refractivity contribution in [3.05, 3.63) is 40.4 Å². The number of benzene rings is 1. The largest absolute Gasteiger partial charge is 0.394 e. The second-order valence-electron chi connectivity index (χ2n) is 4.64. The smallest absolute Gasteiger partial charge is 0.258 e. The molecule has 7 nitrogen and oxygen atoms in total. The van der Waals surface area contributed by atoms with Crippen LogP contribution in [-0.4, -0.2) is 50.6 Å². The Balaban J connectivity index is 2.24. The molecule has 1 aromatic carbocycles. The molecule has 1 aromatic heterocycles. The van der Waals surface area contributed by atoms with Gasteiger partial charge in [-0.25, -0.2) is 4.98 Å². The SMILES string of the molecule is O=c1[nH]c(CNC(CO)(CO)CO)nc2ccccc12. The van der Waals surface area contributed by atoms with Crippen LogP contribution in [0.15, 0.2) is 29.1 Å². The van der Waals surface area contributed by atoms with E-state index in [1.54, 1.807) is 24.3 Å². The Kier molecular flexibility index (Phi) is 4.46.